The molecule has 0 saturated heterocycles. The average Bonchev–Trinajstić information content (AvgIpc) is 3.16. The molecular weight excluding hydrogens is 396 g/mol. The molecule has 0 spiro atoms. The molecular formula is C33H26. The van der Waals surface area contributed by atoms with Gasteiger partial charge in [-0.05, 0) is 146 Å². The zero-order valence-corrected chi connectivity index (χ0v) is 19.6. The molecule has 7 rings (SSSR count). The summed E-state index contributed by atoms with van der Waals surface area (Å²) in [6.45, 7) is 8.98. The number of aryl methyl sites for hydroxylation is 4. The first kappa shape index (κ1) is 18.9. The monoisotopic (exact) mass is 422 g/mol. The van der Waals surface area contributed by atoms with Gasteiger partial charge in [0, 0.05) is 0 Å². The number of rotatable bonds is 0. The third kappa shape index (κ3) is 2.52. The smallest absolute Gasteiger partial charge is 0.00128 e. The Morgan fingerprint density at radius 3 is 1.33 bits per heavy atom. The molecule has 0 nitrogen and oxygen atoms in total. The van der Waals surface area contributed by atoms with Crippen LogP contribution in [-0.4, -0.2) is 0 Å². The number of fused-ring (bicyclic) bond motifs is 9. The van der Waals surface area contributed by atoms with Gasteiger partial charge in [0.15, 0.2) is 0 Å². The molecule has 33 heavy (non-hydrogen) atoms. The Morgan fingerprint density at radius 1 is 0.424 bits per heavy atom. The predicted molar refractivity (Wildman–Crippen MR) is 144 cm³/mol. The summed E-state index contributed by atoms with van der Waals surface area (Å²) < 4.78 is 0. The van der Waals surface area contributed by atoms with Crippen LogP contribution in [0.2, 0.25) is 0 Å². The molecule has 6 aromatic rings. The van der Waals surface area contributed by atoms with Gasteiger partial charge in [-0.2, -0.15) is 0 Å². The Morgan fingerprint density at radius 2 is 0.879 bits per heavy atom. The number of benzene rings is 6. The fraction of sp³-hybridized carbons (Fsp3) is 0.152. The van der Waals surface area contributed by atoms with Crippen LogP contribution in [0.3, 0.4) is 0 Å². The van der Waals surface area contributed by atoms with Crippen LogP contribution in [-0.2, 0) is 6.42 Å². The highest BCUT2D eigenvalue weighted by atomic mass is 14.3. The summed E-state index contributed by atoms with van der Waals surface area (Å²) >= 11 is 0. The quantitative estimate of drug-likeness (QED) is 0.214. The first-order chi connectivity index (χ1) is 16.0. The average molecular weight is 423 g/mol. The van der Waals surface area contributed by atoms with Crippen molar-refractivity contribution in [1.29, 1.82) is 0 Å². The van der Waals surface area contributed by atoms with Crippen molar-refractivity contribution >= 4 is 43.1 Å². The first-order valence-corrected chi connectivity index (χ1v) is 11.9. The van der Waals surface area contributed by atoms with E-state index >= 15 is 0 Å². The van der Waals surface area contributed by atoms with Crippen LogP contribution in [0.25, 0.3) is 54.2 Å². The SMILES string of the molecule is Cc1cccc2cc3c4c(cc(C)c3cc12)Cc1cc(C)c2cc3c(C)cccc3cc2c1-4. The summed E-state index contributed by atoms with van der Waals surface area (Å²) in [5.74, 6) is 0. The van der Waals surface area contributed by atoms with E-state index < -0.39 is 0 Å². The minimum atomic E-state index is 1.02. The fourth-order valence-electron chi connectivity index (χ4n) is 6.27. The van der Waals surface area contributed by atoms with Gasteiger partial charge < -0.3 is 0 Å². The molecule has 158 valence electrons. The normalized spacial score (nSPS) is 12.7. The fourth-order valence-corrected chi connectivity index (χ4v) is 6.27. The van der Waals surface area contributed by atoms with E-state index in [0.717, 1.165) is 6.42 Å². The predicted octanol–water partition coefficient (Wildman–Crippen LogP) is 9.10. The van der Waals surface area contributed by atoms with Crippen LogP contribution in [0.5, 0.6) is 0 Å². The van der Waals surface area contributed by atoms with Gasteiger partial charge in [0.2, 0.25) is 0 Å². The second-order valence-electron chi connectivity index (χ2n) is 10.0. The van der Waals surface area contributed by atoms with Crippen molar-refractivity contribution in [3.05, 3.63) is 106 Å². The topological polar surface area (TPSA) is 0 Å². The van der Waals surface area contributed by atoms with E-state index in [1.54, 1.807) is 0 Å². The second-order valence-corrected chi connectivity index (χ2v) is 10.0. The molecule has 0 fully saturated rings. The van der Waals surface area contributed by atoms with Crippen molar-refractivity contribution in [2.75, 3.05) is 0 Å². The van der Waals surface area contributed by atoms with E-state index in [0.29, 0.717) is 0 Å². The van der Waals surface area contributed by atoms with Crippen LogP contribution in [0.15, 0.2) is 72.8 Å². The number of hydrogen-bond donors (Lipinski definition) is 0. The van der Waals surface area contributed by atoms with Crippen LogP contribution in [0.1, 0.15) is 33.4 Å². The van der Waals surface area contributed by atoms with E-state index in [4.69, 9.17) is 0 Å². The highest BCUT2D eigenvalue weighted by molar-refractivity contribution is 6.16. The summed E-state index contributed by atoms with van der Waals surface area (Å²) in [6, 6.07) is 27.9. The molecule has 0 heteroatoms. The minimum absolute atomic E-state index is 1.02. The van der Waals surface area contributed by atoms with Crippen molar-refractivity contribution < 1.29 is 0 Å². The first-order valence-electron chi connectivity index (χ1n) is 11.9. The Bertz CT molecular complexity index is 1680. The molecule has 0 heterocycles. The van der Waals surface area contributed by atoms with Crippen molar-refractivity contribution in [2.45, 2.75) is 34.1 Å². The lowest BCUT2D eigenvalue weighted by molar-refractivity contribution is 1.25. The zero-order valence-electron chi connectivity index (χ0n) is 19.6. The standard InChI is InChI=1S/C33H26/c1-18-7-5-9-22-14-30-28(16-26(18)22)20(3)11-24-13-25-12-21(4)29-17-27-19(2)8-6-10-23(27)15-31(29)33(25)32(24)30/h5-12,14-17H,13H2,1-4H3. The highest BCUT2D eigenvalue weighted by Gasteiger charge is 2.25. The molecule has 6 aromatic carbocycles. The Hall–Kier alpha value is -3.64. The molecule has 1 aliphatic rings. The third-order valence-electron chi connectivity index (χ3n) is 7.92. The molecule has 0 aromatic heterocycles. The summed E-state index contributed by atoms with van der Waals surface area (Å²) in [4.78, 5) is 0. The van der Waals surface area contributed by atoms with Gasteiger partial charge in [-0.1, -0.05) is 48.5 Å². The summed E-state index contributed by atoms with van der Waals surface area (Å²) in [6.07, 6.45) is 1.02. The molecule has 0 saturated carbocycles. The minimum Gasteiger partial charge on any atom is -0.0614 e. The van der Waals surface area contributed by atoms with E-state index in [-0.39, 0.29) is 0 Å². The second kappa shape index (κ2) is 6.45. The lowest BCUT2D eigenvalue weighted by Crippen LogP contribution is -1.90. The molecule has 0 amide bonds. The molecule has 0 radical (unpaired) electrons. The zero-order chi connectivity index (χ0) is 22.4. The number of hydrogen-bond acceptors (Lipinski definition) is 0. The van der Waals surface area contributed by atoms with E-state index in [2.05, 4.69) is 100 Å². The molecule has 1 aliphatic carbocycles. The Kier molecular flexibility index (Phi) is 3.69. The maximum Gasteiger partial charge on any atom is -0.00128 e. The van der Waals surface area contributed by atoms with Crippen molar-refractivity contribution in [1.82, 2.24) is 0 Å². The third-order valence-corrected chi connectivity index (χ3v) is 7.92. The van der Waals surface area contributed by atoms with Crippen molar-refractivity contribution in [3.63, 3.8) is 0 Å². The molecule has 0 bridgehead atoms. The largest absolute Gasteiger partial charge is 0.0614 e. The molecule has 0 unspecified atom stereocenters. The molecule has 0 atom stereocenters. The molecule has 0 N–H and O–H groups in total. The van der Waals surface area contributed by atoms with Gasteiger partial charge in [0.1, 0.15) is 0 Å². The summed E-state index contributed by atoms with van der Waals surface area (Å²) in [7, 11) is 0. The summed E-state index contributed by atoms with van der Waals surface area (Å²) in [5, 5.41) is 11.0. The lowest BCUT2D eigenvalue weighted by Gasteiger charge is -2.16. The Balaban J connectivity index is 1.66. The van der Waals surface area contributed by atoms with Crippen LogP contribution >= 0.6 is 0 Å². The van der Waals surface area contributed by atoms with Gasteiger partial charge in [0.05, 0.1) is 0 Å². The summed E-state index contributed by atoms with van der Waals surface area (Å²) in [5.41, 5.74) is 11.3. The van der Waals surface area contributed by atoms with Gasteiger partial charge >= 0.3 is 0 Å². The van der Waals surface area contributed by atoms with E-state index in [9.17, 15) is 0 Å². The van der Waals surface area contributed by atoms with Crippen LogP contribution in [0.4, 0.5) is 0 Å². The lowest BCUT2D eigenvalue weighted by atomic mass is 9.88. The Labute approximate surface area is 194 Å². The van der Waals surface area contributed by atoms with Crippen molar-refractivity contribution in [2.24, 2.45) is 0 Å². The van der Waals surface area contributed by atoms with Gasteiger partial charge in [-0.15, -0.1) is 0 Å². The maximum atomic E-state index is 2.44. The van der Waals surface area contributed by atoms with E-state index in [1.807, 2.05) is 0 Å². The van der Waals surface area contributed by atoms with Gasteiger partial charge in [-0.3, -0.25) is 0 Å². The van der Waals surface area contributed by atoms with Crippen LogP contribution in [0, 0.1) is 27.7 Å². The van der Waals surface area contributed by atoms with Gasteiger partial charge in [0.25, 0.3) is 0 Å². The maximum absolute atomic E-state index is 2.44. The molecule has 0 aliphatic heterocycles. The van der Waals surface area contributed by atoms with Gasteiger partial charge in [-0.25, -0.2) is 0 Å². The highest BCUT2D eigenvalue weighted by Crippen LogP contribution is 2.48. The van der Waals surface area contributed by atoms with Crippen LogP contribution < -0.4 is 0 Å². The van der Waals surface area contributed by atoms with E-state index in [1.165, 1.54) is 87.6 Å². The van der Waals surface area contributed by atoms with Crippen molar-refractivity contribution in [3.8, 4) is 11.1 Å².